The van der Waals surface area contributed by atoms with Crippen LogP contribution in [0, 0.1) is 5.92 Å². The molecular formula is C24H28N2O5S. The van der Waals surface area contributed by atoms with E-state index in [4.69, 9.17) is 4.74 Å². The predicted molar refractivity (Wildman–Crippen MR) is 125 cm³/mol. The smallest absolute Gasteiger partial charge is 0.341 e. The van der Waals surface area contributed by atoms with Crippen molar-refractivity contribution in [2.75, 3.05) is 30.5 Å². The molecule has 0 radical (unpaired) electrons. The zero-order valence-corrected chi connectivity index (χ0v) is 19.1. The van der Waals surface area contributed by atoms with Crippen LogP contribution in [-0.4, -0.2) is 50.6 Å². The lowest BCUT2D eigenvalue weighted by Gasteiger charge is -2.26. The SMILES string of the molecule is CCN(CC)CC=Cc1ccccc1N(c1ccc2c(c1C(=O)O)OCC1CC21)[SH](=O)=O. The van der Waals surface area contributed by atoms with Crippen LogP contribution in [0.25, 0.3) is 6.08 Å². The van der Waals surface area contributed by atoms with Gasteiger partial charge in [0.15, 0.2) is 0 Å². The summed E-state index contributed by atoms with van der Waals surface area (Å²) in [6.45, 7) is 7.21. The molecule has 2 aromatic carbocycles. The van der Waals surface area contributed by atoms with Crippen molar-refractivity contribution in [3.63, 3.8) is 0 Å². The molecular weight excluding hydrogens is 428 g/mol. The molecule has 2 unspecified atom stereocenters. The summed E-state index contributed by atoms with van der Waals surface area (Å²) < 4.78 is 31.8. The summed E-state index contributed by atoms with van der Waals surface area (Å²) in [5.74, 6) is -0.174. The van der Waals surface area contributed by atoms with Crippen LogP contribution in [0.4, 0.5) is 11.4 Å². The van der Waals surface area contributed by atoms with E-state index in [1.54, 1.807) is 18.2 Å². The highest BCUT2D eigenvalue weighted by molar-refractivity contribution is 7.74. The summed E-state index contributed by atoms with van der Waals surface area (Å²) in [5, 5.41) is 10.0. The molecule has 4 rings (SSSR count). The van der Waals surface area contributed by atoms with Gasteiger partial charge in [-0.3, -0.25) is 0 Å². The molecule has 0 amide bonds. The average molecular weight is 457 g/mol. The van der Waals surface area contributed by atoms with Crippen molar-refractivity contribution < 1.29 is 23.1 Å². The summed E-state index contributed by atoms with van der Waals surface area (Å²) in [4.78, 5) is 14.5. The molecule has 7 nitrogen and oxygen atoms in total. The van der Waals surface area contributed by atoms with E-state index < -0.39 is 16.9 Å². The van der Waals surface area contributed by atoms with Crippen molar-refractivity contribution in [1.82, 2.24) is 4.90 Å². The maximum Gasteiger partial charge on any atom is 0.341 e. The van der Waals surface area contributed by atoms with E-state index in [1.807, 2.05) is 30.4 Å². The molecule has 1 aliphatic heterocycles. The molecule has 1 N–H and O–H groups in total. The van der Waals surface area contributed by atoms with E-state index >= 15 is 0 Å². The lowest BCUT2D eigenvalue weighted by molar-refractivity contribution is 0.0692. The number of likely N-dealkylation sites (N-methyl/N-ethyl adjacent to an activating group) is 1. The summed E-state index contributed by atoms with van der Waals surface area (Å²) in [6.07, 6.45) is 4.85. The third kappa shape index (κ3) is 4.25. The topological polar surface area (TPSA) is 87.2 Å². The van der Waals surface area contributed by atoms with Crippen LogP contribution in [-0.2, 0) is 10.9 Å². The Morgan fingerprint density at radius 3 is 2.59 bits per heavy atom. The number of ether oxygens (including phenoxy) is 1. The van der Waals surface area contributed by atoms with Gasteiger partial charge in [0.25, 0.3) is 0 Å². The molecule has 2 atom stereocenters. The number of hydrogen-bond acceptors (Lipinski definition) is 5. The van der Waals surface area contributed by atoms with Crippen molar-refractivity contribution in [2.45, 2.75) is 26.2 Å². The number of carbonyl (C=O) groups is 1. The number of nitrogens with zero attached hydrogens (tertiary/aromatic N) is 2. The molecule has 1 saturated carbocycles. The van der Waals surface area contributed by atoms with Crippen LogP contribution < -0.4 is 9.04 Å². The Labute approximate surface area is 190 Å². The number of rotatable bonds is 9. The van der Waals surface area contributed by atoms with Crippen LogP contribution in [0.5, 0.6) is 5.75 Å². The first-order valence-corrected chi connectivity index (χ1v) is 12.0. The maximum absolute atomic E-state index is 12.4. The molecule has 32 heavy (non-hydrogen) atoms. The molecule has 1 aliphatic carbocycles. The Hall–Kier alpha value is -2.84. The first kappa shape index (κ1) is 22.4. The van der Waals surface area contributed by atoms with E-state index in [2.05, 4.69) is 18.7 Å². The molecule has 0 spiro atoms. The predicted octanol–water partition coefficient (Wildman–Crippen LogP) is 3.90. The Bertz CT molecular complexity index is 1120. The number of aromatic carboxylic acids is 1. The number of benzene rings is 2. The van der Waals surface area contributed by atoms with E-state index in [0.717, 1.165) is 35.9 Å². The van der Waals surface area contributed by atoms with Crippen LogP contribution in [0.2, 0.25) is 0 Å². The fraction of sp³-hybridized carbons (Fsp3) is 0.375. The highest BCUT2D eigenvalue weighted by Gasteiger charge is 2.45. The molecule has 1 heterocycles. The number of para-hydroxylation sites is 1. The molecule has 0 aromatic heterocycles. The van der Waals surface area contributed by atoms with Crippen LogP contribution in [0.1, 0.15) is 47.7 Å². The summed E-state index contributed by atoms with van der Waals surface area (Å²) in [5.41, 5.74) is 1.94. The first-order valence-electron chi connectivity index (χ1n) is 10.9. The Morgan fingerprint density at radius 2 is 1.91 bits per heavy atom. The fourth-order valence-electron chi connectivity index (χ4n) is 4.36. The highest BCUT2D eigenvalue weighted by Crippen LogP contribution is 2.55. The van der Waals surface area contributed by atoms with E-state index in [9.17, 15) is 18.3 Å². The zero-order valence-electron chi connectivity index (χ0n) is 18.2. The van der Waals surface area contributed by atoms with Crippen molar-refractivity contribution in [2.24, 2.45) is 5.92 Å². The molecule has 0 bridgehead atoms. The van der Waals surface area contributed by atoms with Gasteiger partial charge in [0.05, 0.1) is 18.0 Å². The number of fused-ring (bicyclic) bond motifs is 3. The summed E-state index contributed by atoms with van der Waals surface area (Å²) in [6, 6.07) is 10.5. The minimum absolute atomic E-state index is 0.0936. The monoisotopic (exact) mass is 456 g/mol. The summed E-state index contributed by atoms with van der Waals surface area (Å²) in [7, 11) is -3.15. The third-order valence-corrected chi connectivity index (χ3v) is 7.01. The highest BCUT2D eigenvalue weighted by atomic mass is 32.2. The number of thiol groups is 1. The molecule has 2 aromatic rings. The zero-order chi connectivity index (χ0) is 22.8. The quantitative estimate of drug-likeness (QED) is 0.557. The van der Waals surface area contributed by atoms with Gasteiger partial charge in [-0.2, -0.15) is 0 Å². The third-order valence-electron chi connectivity index (χ3n) is 6.26. The number of hydrogen-bond donors (Lipinski definition) is 2. The first-order chi connectivity index (χ1) is 15.5. The largest absolute Gasteiger partial charge is 0.492 e. The van der Waals surface area contributed by atoms with Gasteiger partial charge in [-0.25, -0.2) is 17.5 Å². The fourth-order valence-corrected chi connectivity index (χ4v) is 5.06. The van der Waals surface area contributed by atoms with Gasteiger partial charge in [0.1, 0.15) is 11.3 Å². The summed E-state index contributed by atoms with van der Waals surface area (Å²) >= 11 is 0. The minimum atomic E-state index is -3.15. The van der Waals surface area contributed by atoms with Gasteiger partial charge in [-0.05, 0) is 48.7 Å². The maximum atomic E-state index is 12.4. The molecule has 2 aliphatic rings. The normalized spacial score (nSPS) is 19.0. The molecule has 8 heteroatoms. The van der Waals surface area contributed by atoms with E-state index in [-0.39, 0.29) is 11.3 Å². The number of carboxylic acids is 1. The van der Waals surface area contributed by atoms with Gasteiger partial charge in [0.2, 0.25) is 10.9 Å². The van der Waals surface area contributed by atoms with Crippen molar-refractivity contribution in [3.8, 4) is 5.75 Å². The van der Waals surface area contributed by atoms with Crippen LogP contribution in [0.15, 0.2) is 42.5 Å². The van der Waals surface area contributed by atoms with Crippen molar-refractivity contribution >= 4 is 34.3 Å². The van der Waals surface area contributed by atoms with E-state index in [1.165, 1.54) is 0 Å². The van der Waals surface area contributed by atoms with Gasteiger partial charge in [-0.1, -0.05) is 50.3 Å². The second-order valence-corrected chi connectivity index (χ2v) is 8.97. The Kier molecular flexibility index (Phi) is 6.53. The van der Waals surface area contributed by atoms with Crippen LogP contribution in [0.3, 0.4) is 0 Å². The second kappa shape index (κ2) is 9.34. The lowest BCUT2D eigenvalue weighted by atomic mass is 9.99. The number of carboxylic acid groups (broad SMARTS) is 1. The second-order valence-electron chi connectivity index (χ2n) is 8.09. The molecule has 1 fully saturated rings. The molecule has 170 valence electrons. The molecule has 0 saturated heterocycles. The van der Waals surface area contributed by atoms with Gasteiger partial charge in [-0.15, -0.1) is 0 Å². The lowest BCUT2D eigenvalue weighted by Crippen LogP contribution is -2.22. The standard InChI is InChI=1S/C24H28N2O5S/c1-3-25(4-2)13-7-9-16-8-5-6-10-20(16)26(32(29)30)21-12-11-18-19-14-17(19)15-31-23(18)22(21)24(27)28/h5-12,17,19,32H,3-4,13-15H2,1-2H3,(H,27,28). The Balaban J connectivity index is 1.78. The average Bonchev–Trinajstić information content (AvgIpc) is 3.57. The van der Waals surface area contributed by atoms with Crippen molar-refractivity contribution in [1.29, 1.82) is 0 Å². The van der Waals surface area contributed by atoms with Crippen molar-refractivity contribution in [3.05, 3.63) is 59.2 Å². The Morgan fingerprint density at radius 1 is 1.16 bits per heavy atom. The minimum Gasteiger partial charge on any atom is -0.492 e. The van der Waals surface area contributed by atoms with E-state index in [0.29, 0.717) is 35.4 Å². The van der Waals surface area contributed by atoms with Gasteiger partial charge >= 0.3 is 5.97 Å². The van der Waals surface area contributed by atoms with Crippen LogP contribution >= 0.6 is 0 Å². The van der Waals surface area contributed by atoms with Gasteiger partial charge < -0.3 is 14.7 Å². The number of anilines is 2. The van der Waals surface area contributed by atoms with Gasteiger partial charge in [0, 0.05) is 12.5 Å².